The van der Waals surface area contributed by atoms with Crippen molar-refractivity contribution in [2.45, 2.75) is 110 Å². The lowest BCUT2D eigenvalue weighted by Crippen LogP contribution is -2.39. The number of hydrogen-bond acceptors (Lipinski definition) is 13. The van der Waals surface area contributed by atoms with Crippen molar-refractivity contribution in [3.63, 3.8) is 0 Å². The minimum atomic E-state index is -0.865. The summed E-state index contributed by atoms with van der Waals surface area (Å²) in [6.07, 6.45) is 7.28. The van der Waals surface area contributed by atoms with Gasteiger partial charge in [-0.3, -0.25) is 53.1 Å². The Morgan fingerprint density at radius 3 is 2.10 bits per heavy atom. The van der Waals surface area contributed by atoms with Crippen molar-refractivity contribution >= 4 is 81.7 Å². The van der Waals surface area contributed by atoms with Crippen LogP contribution in [0.2, 0.25) is 0 Å². The highest BCUT2D eigenvalue weighted by Gasteiger charge is 2.39. The third kappa shape index (κ3) is 11.7. The number of imide groups is 1. The number of Topliss-reactive ketones (excluding diaryl/α,β-unsaturated/α-hetero) is 2. The van der Waals surface area contributed by atoms with Crippen molar-refractivity contribution in [1.82, 2.24) is 10.2 Å². The molecule has 0 spiro atoms. The van der Waals surface area contributed by atoms with Crippen LogP contribution in [-0.2, 0) is 54.8 Å². The molecule has 4 atom stereocenters. The second-order valence-electron chi connectivity index (χ2n) is 21.1. The number of carbonyl (C=O) groups excluding carboxylic acids is 8. The van der Waals surface area contributed by atoms with Crippen LogP contribution < -0.4 is 40.0 Å². The number of benzene rings is 5. The highest BCUT2D eigenvalue weighted by atomic mass is 16.5. The lowest BCUT2D eigenvalue weighted by Gasteiger charge is -2.22. The van der Waals surface area contributed by atoms with Crippen LogP contribution in [-0.4, -0.2) is 96.4 Å². The molecule has 18 nitrogen and oxygen atoms in total. The highest BCUT2D eigenvalue weighted by molar-refractivity contribution is 6.15. The van der Waals surface area contributed by atoms with Crippen LogP contribution in [0.4, 0.5) is 28.4 Å². The molecule has 0 radical (unpaired) electrons. The molecule has 3 N–H and O–H groups in total. The molecule has 0 fully saturated rings. The Labute approximate surface area is 463 Å². The Bertz CT molecular complexity index is 3390. The molecule has 80 heavy (non-hydrogen) atoms. The fraction of sp³-hybridized carbons (Fsp3) is 0.339. The molecule has 5 aromatic rings. The van der Waals surface area contributed by atoms with Gasteiger partial charge in [0.2, 0.25) is 11.8 Å². The number of unbranched alkanes of at least 4 members (excludes halogenated alkanes) is 1. The predicted octanol–water partition coefficient (Wildman–Crippen LogP) is 8.32. The van der Waals surface area contributed by atoms with Crippen LogP contribution in [0.15, 0.2) is 108 Å². The lowest BCUT2D eigenvalue weighted by molar-refractivity contribution is -0.137. The lowest BCUT2D eigenvalue weighted by atomic mass is 9.99. The Balaban J connectivity index is 0.795. The number of para-hydroxylation sites is 2. The molecule has 412 valence electrons. The molecule has 0 saturated heterocycles. The van der Waals surface area contributed by atoms with Gasteiger partial charge in [0.05, 0.1) is 47.7 Å². The summed E-state index contributed by atoms with van der Waals surface area (Å²) >= 11 is 0. The molecule has 5 aliphatic rings. The second-order valence-corrected chi connectivity index (χ2v) is 21.1. The largest absolute Gasteiger partial charge is 0.493 e. The van der Waals surface area contributed by atoms with Gasteiger partial charge in [0, 0.05) is 98.7 Å². The van der Waals surface area contributed by atoms with Crippen LogP contribution in [0, 0.1) is 12.8 Å². The number of aryl methyl sites for hydroxylation is 1. The van der Waals surface area contributed by atoms with Gasteiger partial charge in [-0.05, 0) is 110 Å². The minimum absolute atomic E-state index is 0.00119. The summed E-state index contributed by atoms with van der Waals surface area (Å²) in [7, 11) is 1.50. The van der Waals surface area contributed by atoms with E-state index in [1.165, 1.54) is 19.3 Å². The van der Waals surface area contributed by atoms with Crippen molar-refractivity contribution in [2.75, 3.05) is 40.6 Å². The number of rotatable bonds is 22. The van der Waals surface area contributed by atoms with Crippen LogP contribution in [0.1, 0.15) is 107 Å². The molecule has 0 saturated carbocycles. The predicted molar refractivity (Wildman–Crippen MR) is 301 cm³/mol. The number of nitrogens with one attached hydrogen (secondary N) is 3. The van der Waals surface area contributed by atoms with Crippen molar-refractivity contribution in [3.8, 4) is 17.2 Å². The maximum Gasteiger partial charge on any atom is 0.261 e. The number of amides is 6. The first kappa shape index (κ1) is 54.4. The molecule has 0 aliphatic carbocycles. The van der Waals surface area contributed by atoms with Crippen molar-refractivity contribution in [2.24, 2.45) is 10.9 Å². The van der Waals surface area contributed by atoms with Gasteiger partial charge in [-0.2, -0.15) is 0 Å². The first-order valence-electron chi connectivity index (χ1n) is 27.2. The zero-order valence-corrected chi connectivity index (χ0v) is 45.2. The number of methoxy groups -OCH3 is 1. The SMILES string of the molecule is COc1cc2c(cc1OCc1cc(COc3cc4c(cc3C)C(=O)N3c5ccccc5C[C@H]3CN4)cc(NC(=O)C(C)CC(=O)C(C)NC(=O)CCCCC(=O)CCCN3C(=O)C=CC3=O)c1)N=C[C@@H]1Cc3ccccc3N1C2=O. The number of aliphatic imine (C=N–C) groups is 1. The molecule has 5 aromatic carbocycles. The molecular formula is C62H63N7O11. The molecule has 5 heterocycles. The van der Waals surface area contributed by atoms with Gasteiger partial charge < -0.3 is 35.1 Å². The van der Waals surface area contributed by atoms with E-state index in [-0.39, 0.29) is 98.6 Å². The Morgan fingerprint density at radius 2 is 1.38 bits per heavy atom. The third-order valence-corrected chi connectivity index (χ3v) is 15.3. The topological polar surface area (TPSA) is 222 Å². The molecule has 6 amide bonds. The molecular weight excluding hydrogens is 1020 g/mol. The highest BCUT2D eigenvalue weighted by Crippen LogP contribution is 2.42. The molecule has 10 rings (SSSR count). The first-order valence-corrected chi connectivity index (χ1v) is 27.2. The van der Waals surface area contributed by atoms with E-state index in [4.69, 9.17) is 19.2 Å². The number of ether oxygens (including phenoxy) is 3. The number of anilines is 4. The summed E-state index contributed by atoms with van der Waals surface area (Å²) < 4.78 is 18.7. The molecule has 0 bridgehead atoms. The maximum atomic E-state index is 14.1. The fourth-order valence-electron chi connectivity index (χ4n) is 11.0. The van der Waals surface area contributed by atoms with Crippen molar-refractivity contribution in [3.05, 3.63) is 142 Å². The van der Waals surface area contributed by atoms with E-state index < -0.39 is 17.9 Å². The number of carbonyl (C=O) groups is 8. The Hall–Kier alpha value is -8.93. The minimum Gasteiger partial charge on any atom is -0.493 e. The van der Waals surface area contributed by atoms with E-state index >= 15 is 0 Å². The van der Waals surface area contributed by atoms with Crippen LogP contribution >= 0.6 is 0 Å². The maximum absolute atomic E-state index is 14.1. The number of ketones is 2. The monoisotopic (exact) mass is 1080 g/mol. The first-order chi connectivity index (χ1) is 38.6. The molecule has 0 aromatic heterocycles. The van der Waals surface area contributed by atoms with Gasteiger partial charge in [0.1, 0.15) is 24.7 Å². The van der Waals surface area contributed by atoms with Crippen molar-refractivity contribution in [1.29, 1.82) is 0 Å². The Morgan fingerprint density at radius 1 is 0.725 bits per heavy atom. The molecule has 18 heteroatoms. The zero-order valence-electron chi connectivity index (χ0n) is 45.2. The van der Waals surface area contributed by atoms with E-state index in [1.54, 1.807) is 49.2 Å². The van der Waals surface area contributed by atoms with Crippen molar-refractivity contribution < 1.29 is 52.6 Å². The van der Waals surface area contributed by atoms with E-state index in [9.17, 15) is 38.4 Å². The second kappa shape index (κ2) is 23.6. The quantitative estimate of drug-likeness (QED) is 0.0440. The van der Waals surface area contributed by atoms with Gasteiger partial charge in [-0.1, -0.05) is 43.3 Å². The zero-order chi connectivity index (χ0) is 56.2. The smallest absolute Gasteiger partial charge is 0.261 e. The van der Waals surface area contributed by atoms with Crippen LogP contribution in [0.5, 0.6) is 17.2 Å². The number of hydrogen-bond donors (Lipinski definition) is 3. The number of nitrogens with zero attached hydrogens (tertiary/aromatic N) is 4. The van der Waals surface area contributed by atoms with E-state index in [0.717, 1.165) is 39.4 Å². The Kier molecular flexibility index (Phi) is 16.0. The normalized spacial score (nSPS) is 17.2. The summed E-state index contributed by atoms with van der Waals surface area (Å²) in [6.45, 7) is 5.90. The summed E-state index contributed by atoms with van der Waals surface area (Å²) in [4.78, 5) is 114. The van der Waals surface area contributed by atoms with Gasteiger partial charge in [-0.25, -0.2) is 0 Å². The average Bonchev–Trinajstić information content (AvgIpc) is 4.18. The average molecular weight is 1080 g/mol. The van der Waals surface area contributed by atoms with Gasteiger partial charge >= 0.3 is 0 Å². The van der Waals surface area contributed by atoms with Gasteiger partial charge in [-0.15, -0.1) is 0 Å². The van der Waals surface area contributed by atoms with Gasteiger partial charge in [0.15, 0.2) is 17.3 Å². The van der Waals surface area contributed by atoms with Crippen LogP contribution in [0.25, 0.3) is 0 Å². The summed E-state index contributed by atoms with van der Waals surface area (Å²) in [5.41, 5.74) is 8.52. The molecule has 2 unspecified atom stereocenters. The van der Waals surface area contributed by atoms with E-state index in [1.807, 2.05) is 72.5 Å². The van der Waals surface area contributed by atoms with E-state index in [0.29, 0.717) is 88.8 Å². The third-order valence-electron chi connectivity index (χ3n) is 15.3. The standard InChI is InChI=1S/C62H63N7O11/c1-36-22-47-49(63-32-44-27-41-12-5-8-16-51(41)68(44)61(47)76)30-54(36)79-34-39-24-40(35-80-56-31-50-48(29-55(56)78-4)62(77)69-45(33-64-50)28-42-13-6-9-17-52(42)69)26-43(25-39)66-60(75)37(2)23-53(71)38(3)65-57(72)18-10-7-14-46(70)15-11-21-67-58(73)19-20-59(67)74/h5-6,8-9,12-13,16-17,19-20,22,24-26,29-31,33,37-38,44-45,63H,7,10-11,14-15,18,21,23,27-28,32,34-35H2,1-4H3,(H,65,72)(H,66,75)/t37?,38?,44-,45-/m0/s1. The summed E-state index contributed by atoms with van der Waals surface area (Å²) in [5.74, 6) is -1.73. The van der Waals surface area contributed by atoms with Crippen LogP contribution in [0.3, 0.4) is 0 Å². The summed E-state index contributed by atoms with van der Waals surface area (Å²) in [5, 5.41) is 9.20. The number of fused-ring (bicyclic) bond motifs is 8. The fourth-order valence-corrected chi connectivity index (χ4v) is 11.0. The molecule has 5 aliphatic heterocycles. The van der Waals surface area contributed by atoms with E-state index in [2.05, 4.69) is 22.0 Å². The summed E-state index contributed by atoms with van der Waals surface area (Å²) in [6, 6.07) is 27.1. The van der Waals surface area contributed by atoms with Gasteiger partial charge in [0.25, 0.3) is 23.6 Å².